The largest absolute Gasteiger partial charge is 0.254 e. The fraction of sp³-hybridized carbons (Fsp3) is 0.100. The lowest BCUT2D eigenvalue weighted by Gasteiger charge is -2.10. The standard InChI is InChI=1S/C10H9N3O/c1-13(12-14)9-6-2-4-8-5-3-7-11-10(8)9/h2-7H,1H3. The van der Waals surface area contributed by atoms with Crippen LogP contribution >= 0.6 is 0 Å². The topological polar surface area (TPSA) is 45.6 Å². The first-order valence-corrected chi connectivity index (χ1v) is 4.23. The van der Waals surface area contributed by atoms with E-state index in [1.54, 1.807) is 13.2 Å². The number of hydrogen-bond acceptors (Lipinski definition) is 3. The molecule has 4 heteroatoms. The molecular formula is C10H9N3O. The Hall–Kier alpha value is -1.97. The second-order valence-electron chi connectivity index (χ2n) is 2.96. The van der Waals surface area contributed by atoms with Crippen LogP contribution in [0.5, 0.6) is 0 Å². The molecule has 0 bridgehead atoms. The van der Waals surface area contributed by atoms with Crippen molar-refractivity contribution in [2.24, 2.45) is 5.29 Å². The molecule has 0 amide bonds. The number of para-hydroxylation sites is 1. The van der Waals surface area contributed by atoms with E-state index in [2.05, 4.69) is 10.3 Å². The maximum Gasteiger partial charge on any atom is 0.0955 e. The number of rotatable bonds is 2. The van der Waals surface area contributed by atoms with E-state index in [9.17, 15) is 4.91 Å². The second kappa shape index (κ2) is 3.41. The van der Waals surface area contributed by atoms with Gasteiger partial charge in [0.2, 0.25) is 0 Å². The van der Waals surface area contributed by atoms with Crippen LogP contribution in [0.1, 0.15) is 0 Å². The van der Waals surface area contributed by atoms with Gasteiger partial charge in [0, 0.05) is 18.6 Å². The number of anilines is 1. The molecular weight excluding hydrogens is 178 g/mol. The molecule has 0 unspecified atom stereocenters. The average molecular weight is 187 g/mol. The van der Waals surface area contributed by atoms with Crippen LogP contribution in [0.3, 0.4) is 0 Å². The Morgan fingerprint density at radius 2 is 2.07 bits per heavy atom. The van der Waals surface area contributed by atoms with Crippen molar-refractivity contribution in [3.8, 4) is 0 Å². The van der Waals surface area contributed by atoms with Crippen molar-refractivity contribution in [3.05, 3.63) is 41.4 Å². The van der Waals surface area contributed by atoms with Gasteiger partial charge in [-0.05, 0) is 12.1 Å². The van der Waals surface area contributed by atoms with Crippen molar-refractivity contribution in [1.82, 2.24) is 4.98 Å². The molecule has 0 aliphatic heterocycles. The van der Waals surface area contributed by atoms with Gasteiger partial charge in [-0.2, -0.15) is 0 Å². The van der Waals surface area contributed by atoms with Crippen molar-refractivity contribution in [3.63, 3.8) is 0 Å². The maximum atomic E-state index is 10.4. The van der Waals surface area contributed by atoms with Gasteiger partial charge in [0.15, 0.2) is 0 Å². The Kier molecular flexibility index (Phi) is 2.10. The molecule has 14 heavy (non-hydrogen) atoms. The second-order valence-corrected chi connectivity index (χ2v) is 2.96. The minimum atomic E-state index is 0.720. The smallest absolute Gasteiger partial charge is 0.0955 e. The molecule has 0 N–H and O–H groups in total. The summed E-state index contributed by atoms with van der Waals surface area (Å²) >= 11 is 0. The summed E-state index contributed by atoms with van der Waals surface area (Å²) in [5.74, 6) is 0. The van der Waals surface area contributed by atoms with Gasteiger partial charge < -0.3 is 0 Å². The minimum Gasteiger partial charge on any atom is -0.254 e. The molecule has 0 saturated heterocycles. The number of nitroso groups, excluding NO2 is 1. The monoisotopic (exact) mass is 187 g/mol. The number of fused-ring (bicyclic) bond motifs is 1. The average Bonchev–Trinajstić information content (AvgIpc) is 2.27. The van der Waals surface area contributed by atoms with E-state index in [-0.39, 0.29) is 0 Å². The third-order valence-corrected chi connectivity index (χ3v) is 2.08. The van der Waals surface area contributed by atoms with Crippen molar-refractivity contribution in [1.29, 1.82) is 0 Å². The van der Waals surface area contributed by atoms with Gasteiger partial charge in [0.05, 0.1) is 16.5 Å². The van der Waals surface area contributed by atoms with E-state index in [1.165, 1.54) is 5.01 Å². The molecule has 0 aliphatic rings. The van der Waals surface area contributed by atoms with Crippen LogP contribution in [-0.4, -0.2) is 12.0 Å². The van der Waals surface area contributed by atoms with Crippen LogP contribution in [0.2, 0.25) is 0 Å². The molecule has 0 atom stereocenters. The van der Waals surface area contributed by atoms with Gasteiger partial charge in [-0.25, -0.2) is 5.01 Å². The zero-order valence-corrected chi connectivity index (χ0v) is 7.71. The predicted octanol–water partition coefficient (Wildman–Crippen LogP) is 2.35. The summed E-state index contributed by atoms with van der Waals surface area (Å²) in [5, 5.41) is 5.13. The summed E-state index contributed by atoms with van der Waals surface area (Å²) < 4.78 is 0. The van der Waals surface area contributed by atoms with Crippen molar-refractivity contribution in [2.45, 2.75) is 0 Å². The molecule has 0 aliphatic carbocycles. The SMILES string of the molecule is CN(N=O)c1cccc2cccnc12. The third kappa shape index (κ3) is 1.31. The number of benzene rings is 1. The summed E-state index contributed by atoms with van der Waals surface area (Å²) in [6.07, 6.45) is 1.70. The van der Waals surface area contributed by atoms with Gasteiger partial charge in [-0.3, -0.25) is 4.98 Å². The molecule has 1 heterocycles. The molecule has 2 aromatic rings. The first-order chi connectivity index (χ1) is 6.83. The Morgan fingerprint density at radius 1 is 1.29 bits per heavy atom. The first kappa shape index (κ1) is 8.62. The van der Waals surface area contributed by atoms with Crippen LogP contribution in [0, 0.1) is 4.91 Å². The highest BCUT2D eigenvalue weighted by atomic mass is 16.3. The lowest BCUT2D eigenvalue weighted by molar-refractivity contribution is 1.01. The van der Waals surface area contributed by atoms with Gasteiger partial charge in [-0.15, -0.1) is 4.91 Å². The Morgan fingerprint density at radius 3 is 2.86 bits per heavy atom. The summed E-state index contributed by atoms with van der Waals surface area (Å²) in [6.45, 7) is 0. The lowest BCUT2D eigenvalue weighted by atomic mass is 10.2. The Labute approximate surface area is 81.1 Å². The van der Waals surface area contributed by atoms with E-state index in [0.717, 1.165) is 16.6 Å². The summed E-state index contributed by atoms with van der Waals surface area (Å²) in [5.41, 5.74) is 1.51. The van der Waals surface area contributed by atoms with E-state index in [4.69, 9.17) is 0 Å². The van der Waals surface area contributed by atoms with Gasteiger partial charge >= 0.3 is 0 Å². The highest BCUT2D eigenvalue weighted by Crippen LogP contribution is 2.23. The van der Waals surface area contributed by atoms with E-state index in [1.807, 2.05) is 30.3 Å². The van der Waals surface area contributed by atoms with Crippen molar-refractivity contribution in [2.75, 3.05) is 12.1 Å². The number of pyridine rings is 1. The first-order valence-electron chi connectivity index (χ1n) is 4.23. The lowest BCUT2D eigenvalue weighted by Crippen LogP contribution is -2.07. The zero-order chi connectivity index (χ0) is 9.97. The summed E-state index contributed by atoms with van der Waals surface area (Å²) in [6, 6.07) is 9.45. The molecule has 0 radical (unpaired) electrons. The number of aromatic nitrogens is 1. The summed E-state index contributed by atoms with van der Waals surface area (Å²) in [4.78, 5) is 14.6. The molecule has 0 fully saturated rings. The molecule has 70 valence electrons. The van der Waals surface area contributed by atoms with Crippen LogP contribution in [0.4, 0.5) is 5.69 Å². The fourth-order valence-corrected chi connectivity index (χ4v) is 1.39. The quantitative estimate of drug-likeness (QED) is 0.535. The molecule has 1 aromatic heterocycles. The highest BCUT2D eigenvalue weighted by Gasteiger charge is 2.05. The normalized spacial score (nSPS) is 10.1. The summed E-state index contributed by atoms with van der Waals surface area (Å²) in [7, 11) is 1.61. The molecule has 0 spiro atoms. The third-order valence-electron chi connectivity index (χ3n) is 2.08. The molecule has 0 saturated carbocycles. The molecule has 4 nitrogen and oxygen atoms in total. The molecule has 2 rings (SSSR count). The van der Waals surface area contributed by atoms with Gasteiger partial charge in [-0.1, -0.05) is 18.2 Å². The van der Waals surface area contributed by atoms with Crippen LogP contribution in [-0.2, 0) is 0 Å². The van der Waals surface area contributed by atoms with Gasteiger partial charge in [0.1, 0.15) is 0 Å². The van der Waals surface area contributed by atoms with E-state index >= 15 is 0 Å². The Balaban J connectivity index is 2.70. The van der Waals surface area contributed by atoms with Crippen molar-refractivity contribution >= 4 is 16.6 Å². The maximum absolute atomic E-state index is 10.4. The highest BCUT2D eigenvalue weighted by molar-refractivity contribution is 5.90. The van der Waals surface area contributed by atoms with Gasteiger partial charge in [0.25, 0.3) is 0 Å². The van der Waals surface area contributed by atoms with E-state index in [0.29, 0.717) is 0 Å². The van der Waals surface area contributed by atoms with Crippen LogP contribution < -0.4 is 5.01 Å². The number of nitrogens with zero attached hydrogens (tertiary/aromatic N) is 3. The van der Waals surface area contributed by atoms with Crippen LogP contribution in [0.25, 0.3) is 10.9 Å². The minimum absolute atomic E-state index is 0.720. The van der Waals surface area contributed by atoms with Crippen molar-refractivity contribution < 1.29 is 0 Å². The number of hydrogen-bond donors (Lipinski definition) is 0. The fourth-order valence-electron chi connectivity index (χ4n) is 1.39. The molecule has 1 aromatic carbocycles. The van der Waals surface area contributed by atoms with Crippen LogP contribution in [0.15, 0.2) is 41.8 Å². The zero-order valence-electron chi connectivity index (χ0n) is 7.71. The predicted molar refractivity (Wildman–Crippen MR) is 55.9 cm³/mol. The Bertz CT molecular complexity index is 464. The van der Waals surface area contributed by atoms with E-state index < -0.39 is 0 Å².